The first kappa shape index (κ1) is 14.5. The summed E-state index contributed by atoms with van der Waals surface area (Å²) in [5.41, 5.74) is 0.794. The van der Waals surface area contributed by atoms with Gasteiger partial charge in [-0.05, 0) is 30.7 Å². The monoisotopic (exact) mass is 292 g/mol. The highest BCUT2D eigenvalue weighted by Gasteiger charge is 2.07. The van der Waals surface area contributed by atoms with E-state index in [-0.39, 0.29) is 12.3 Å². The van der Waals surface area contributed by atoms with Crippen molar-refractivity contribution in [3.8, 4) is 11.6 Å². The molecule has 2 aromatic rings. The van der Waals surface area contributed by atoms with Gasteiger partial charge in [0.15, 0.2) is 0 Å². The normalized spacial score (nSPS) is 11.2. The minimum Gasteiger partial charge on any atom is -0.439 e. The van der Waals surface area contributed by atoms with Gasteiger partial charge < -0.3 is 4.74 Å². The van der Waals surface area contributed by atoms with Gasteiger partial charge in [0.25, 0.3) is 0 Å². The average Bonchev–Trinajstić information content (AvgIpc) is 2.47. The van der Waals surface area contributed by atoms with E-state index in [0.29, 0.717) is 11.6 Å². The summed E-state index contributed by atoms with van der Waals surface area (Å²) in [7, 11) is -3.20. The lowest BCUT2D eigenvalue weighted by Gasteiger charge is -2.07. The van der Waals surface area contributed by atoms with E-state index in [1.54, 1.807) is 25.3 Å². The van der Waals surface area contributed by atoms with Gasteiger partial charge in [-0.3, -0.25) is 0 Å². The van der Waals surface area contributed by atoms with Gasteiger partial charge in [0.1, 0.15) is 5.75 Å². The molecule has 0 bridgehead atoms. The largest absolute Gasteiger partial charge is 0.439 e. The summed E-state index contributed by atoms with van der Waals surface area (Å²) >= 11 is 0. The molecule has 2 rings (SSSR count). The van der Waals surface area contributed by atoms with Crippen molar-refractivity contribution in [2.45, 2.75) is 13.5 Å². The molecule has 106 valence electrons. The summed E-state index contributed by atoms with van der Waals surface area (Å²) in [6, 6.07) is 12.8. The summed E-state index contributed by atoms with van der Waals surface area (Å²) in [6.07, 6.45) is 1.59. The summed E-state index contributed by atoms with van der Waals surface area (Å²) in [6.45, 7) is 1.82. The molecule has 0 unspecified atom stereocenters. The van der Waals surface area contributed by atoms with Crippen LogP contribution in [0.3, 0.4) is 0 Å². The second kappa shape index (κ2) is 6.49. The number of benzene rings is 1. The van der Waals surface area contributed by atoms with Crippen molar-refractivity contribution in [1.82, 2.24) is 9.71 Å². The molecule has 0 spiro atoms. The van der Waals surface area contributed by atoms with Gasteiger partial charge in [0.2, 0.25) is 15.9 Å². The number of pyridine rings is 1. The molecule has 6 heteroatoms. The van der Waals surface area contributed by atoms with Crippen LogP contribution in [0, 0.1) is 0 Å². The van der Waals surface area contributed by atoms with E-state index in [1.165, 1.54) is 0 Å². The smallest absolute Gasteiger partial charge is 0.219 e. The summed E-state index contributed by atoms with van der Waals surface area (Å²) in [4.78, 5) is 4.10. The van der Waals surface area contributed by atoms with Crippen molar-refractivity contribution in [3.05, 3.63) is 54.2 Å². The van der Waals surface area contributed by atoms with E-state index in [4.69, 9.17) is 4.74 Å². The predicted molar refractivity (Wildman–Crippen MR) is 77.1 cm³/mol. The van der Waals surface area contributed by atoms with Crippen LogP contribution < -0.4 is 9.46 Å². The van der Waals surface area contributed by atoms with Crippen LogP contribution in [-0.2, 0) is 16.6 Å². The Hall–Kier alpha value is -1.92. The Labute approximate surface area is 118 Å². The Morgan fingerprint density at radius 3 is 2.65 bits per heavy atom. The van der Waals surface area contributed by atoms with Crippen LogP contribution in [0.15, 0.2) is 48.7 Å². The molecule has 1 heterocycles. The van der Waals surface area contributed by atoms with Gasteiger partial charge in [-0.2, -0.15) is 0 Å². The number of hydrogen-bond acceptors (Lipinski definition) is 4. The third kappa shape index (κ3) is 4.32. The lowest BCUT2D eigenvalue weighted by atomic mass is 10.3. The van der Waals surface area contributed by atoms with Crippen molar-refractivity contribution in [1.29, 1.82) is 0 Å². The summed E-state index contributed by atoms with van der Waals surface area (Å²) in [5.74, 6) is 1.18. The zero-order chi connectivity index (χ0) is 14.4. The predicted octanol–water partition coefficient (Wildman–Crippen LogP) is 2.31. The van der Waals surface area contributed by atoms with Gasteiger partial charge in [0, 0.05) is 18.8 Å². The topological polar surface area (TPSA) is 68.3 Å². The molecule has 0 radical (unpaired) electrons. The maximum absolute atomic E-state index is 11.4. The fourth-order valence-electron chi connectivity index (χ4n) is 1.52. The third-order valence-corrected chi connectivity index (χ3v) is 3.99. The lowest BCUT2D eigenvalue weighted by molar-refractivity contribution is 0.462. The van der Waals surface area contributed by atoms with Crippen LogP contribution in [0.1, 0.15) is 12.5 Å². The second-order valence-electron chi connectivity index (χ2n) is 4.14. The molecular weight excluding hydrogens is 276 g/mol. The molecule has 0 atom stereocenters. The Balaban J connectivity index is 2.05. The second-order valence-corrected chi connectivity index (χ2v) is 6.24. The molecule has 0 saturated heterocycles. The fraction of sp³-hybridized carbons (Fsp3) is 0.214. The quantitative estimate of drug-likeness (QED) is 0.887. The number of aromatic nitrogens is 1. The average molecular weight is 292 g/mol. The highest BCUT2D eigenvalue weighted by atomic mass is 32.2. The van der Waals surface area contributed by atoms with Gasteiger partial charge in [-0.25, -0.2) is 18.1 Å². The minimum absolute atomic E-state index is 0.0610. The van der Waals surface area contributed by atoms with Crippen molar-refractivity contribution in [3.63, 3.8) is 0 Å². The Morgan fingerprint density at radius 1 is 1.20 bits per heavy atom. The Kier molecular flexibility index (Phi) is 4.70. The van der Waals surface area contributed by atoms with Crippen LogP contribution >= 0.6 is 0 Å². The molecule has 0 aliphatic carbocycles. The molecule has 5 nitrogen and oxygen atoms in total. The standard InChI is InChI=1S/C14H16N2O3S/c1-2-20(17,18)16-11-12-8-9-15-14(10-12)19-13-6-4-3-5-7-13/h3-10,16H,2,11H2,1H3. The van der Waals surface area contributed by atoms with E-state index in [0.717, 1.165) is 5.56 Å². The molecule has 1 aromatic heterocycles. The number of rotatable bonds is 6. The lowest BCUT2D eigenvalue weighted by Crippen LogP contribution is -2.24. The first-order valence-corrected chi connectivity index (χ1v) is 7.89. The van der Waals surface area contributed by atoms with Crippen LogP contribution in [0.5, 0.6) is 11.6 Å². The molecule has 0 aliphatic heterocycles. The van der Waals surface area contributed by atoms with E-state index >= 15 is 0 Å². The third-order valence-electron chi connectivity index (χ3n) is 2.64. The number of nitrogens with one attached hydrogen (secondary N) is 1. The van der Waals surface area contributed by atoms with Crippen molar-refractivity contribution in [2.75, 3.05) is 5.75 Å². The SMILES string of the molecule is CCS(=O)(=O)NCc1ccnc(Oc2ccccc2)c1. The maximum atomic E-state index is 11.4. The van der Waals surface area contributed by atoms with Crippen LogP contribution in [0.25, 0.3) is 0 Å². The zero-order valence-corrected chi connectivity index (χ0v) is 11.9. The van der Waals surface area contributed by atoms with Crippen LogP contribution in [0.2, 0.25) is 0 Å². The van der Waals surface area contributed by atoms with Gasteiger partial charge in [0.05, 0.1) is 5.75 Å². The number of ether oxygens (including phenoxy) is 1. The van der Waals surface area contributed by atoms with Gasteiger partial charge >= 0.3 is 0 Å². The molecule has 20 heavy (non-hydrogen) atoms. The van der Waals surface area contributed by atoms with E-state index in [9.17, 15) is 8.42 Å². The summed E-state index contributed by atoms with van der Waals surface area (Å²) in [5, 5.41) is 0. The Morgan fingerprint density at radius 2 is 1.95 bits per heavy atom. The highest BCUT2D eigenvalue weighted by molar-refractivity contribution is 7.89. The molecule has 0 saturated carbocycles. The van der Waals surface area contributed by atoms with Crippen molar-refractivity contribution >= 4 is 10.0 Å². The number of sulfonamides is 1. The fourth-order valence-corrected chi connectivity index (χ4v) is 2.11. The van der Waals surface area contributed by atoms with E-state index in [1.807, 2.05) is 30.3 Å². The van der Waals surface area contributed by atoms with Gasteiger partial charge in [-0.15, -0.1) is 0 Å². The van der Waals surface area contributed by atoms with Crippen LogP contribution in [-0.4, -0.2) is 19.2 Å². The molecule has 0 aliphatic rings. The first-order valence-electron chi connectivity index (χ1n) is 6.24. The molecule has 1 N–H and O–H groups in total. The number of para-hydroxylation sites is 1. The number of hydrogen-bond donors (Lipinski definition) is 1. The summed E-state index contributed by atoms with van der Waals surface area (Å²) < 4.78 is 30.9. The first-order chi connectivity index (χ1) is 9.59. The number of nitrogens with zero attached hydrogens (tertiary/aromatic N) is 1. The van der Waals surface area contributed by atoms with Crippen LogP contribution in [0.4, 0.5) is 0 Å². The molecule has 0 fully saturated rings. The Bertz CT molecular complexity index is 657. The van der Waals surface area contributed by atoms with E-state index < -0.39 is 10.0 Å². The molecule has 0 amide bonds. The maximum Gasteiger partial charge on any atom is 0.219 e. The van der Waals surface area contributed by atoms with Crippen molar-refractivity contribution < 1.29 is 13.2 Å². The highest BCUT2D eigenvalue weighted by Crippen LogP contribution is 2.19. The molecule has 1 aromatic carbocycles. The van der Waals surface area contributed by atoms with Crippen molar-refractivity contribution in [2.24, 2.45) is 0 Å². The minimum atomic E-state index is -3.20. The zero-order valence-electron chi connectivity index (χ0n) is 11.1. The molecular formula is C14H16N2O3S. The van der Waals surface area contributed by atoms with E-state index in [2.05, 4.69) is 9.71 Å². The van der Waals surface area contributed by atoms with Gasteiger partial charge in [-0.1, -0.05) is 18.2 Å².